The second kappa shape index (κ2) is 15.4. The van der Waals surface area contributed by atoms with Gasteiger partial charge in [0, 0.05) is 29.6 Å². The number of anilines is 1. The van der Waals surface area contributed by atoms with Crippen molar-refractivity contribution in [1.82, 2.24) is 10.2 Å². The third kappa shape index (κ3) is 8.66. The summed E-state index contributed by atoms with van der Waals surface area (Å²) in [4.78, 5) is 29.7. The van der Waals surface area contributed by atoms with Crippen LogP contribution in [0.1, 0.15) is 35.6 Å². The zero-order chi connectivity index (χ0) is 32.6. The molecule has 4 aromatic carbocycles. The van der Waals surface area contributed by atoms with Crippen LogP contribution < -0.4 is 9.62 Å². The molecule has 0 aliphatic heterocycles. The van der Waals surface area contributed by atoms with Gasteiger partial charge in [0.25, 0.3) is 10.0 Å². The maximum Gasteiger partial charge on any atom is 0.264 e. The highest BCUT2D eigenvalue weighted by Crippen LogP contribution is 2.30. The van der Waals surface area contributed by atoms with Gasteiger partial charge in [-0.05, 0) is 67.3 Å². The van der Waals surface area contributed by atoms with Crippen molar-refractivity contribution >= 4 is 50.7 Å². The number of halogens is 2. The molecule has 0 saturated carbocycles. The molecule has 1 atom stereocenters. The molecule has 45 heavy (non-hydrogen) atoms. The lowest BCUT2D eigenvalue weighted by atomic mass is 10.0. The van der Waals surface area contributed by atoms with Crippen molar-refractivity contribution in [2.24, 2.45) is 0 Å². The Balaban J connectivity index is 1.83. The Hall–Kier alpha value is -3.85. The molecular weight excluding hydrogens is 629 g/mol. The summed E-state index contributed by atoms with van der Waals surface area (Å²) in [5, 5.41) is 3.68. The van der Waals surface area contributed by atoms with E-state index in [1.165, 1.54) is 23.1 Å². The predicted molar refractivity (Wildman–Crippen MR) is 181 cm³/mol. The Morgan fingerprint density at radius 1 is 0.867 bits per heavy atom. The number of aryl methyl sites for hydroxylation is 2. The molecule has 0 aromatic heterocycles. The number of sulfonamides is 1. The Morgan fingerprint density at radius 2 is 1.53 bits per heavy atom. The second-order valence-electron chi connectivity index (χ2n) is 10.9. The maximum atomic E-state index is 14.5. The standard InChI is InChI=1S/C35H37Cl2N3O4S/c1-4-20-38-35(42)33(21-27-10-6-5-7-11-27)39(23-28-12-8-9-13-31(28)37)34(41)24-40(32-22-29(36)17-16-26(32)3)45(43,44)30-18-14-25(2)15-19-30/h5-19,22,33H,4,20-21,23-24H2,1-3H3,(H,38,42)/t33-/m0/s1. The van der Waals surface area contributed by atoms with Gasteiger partial charge in [0.15, 0.2) is 0 Å². The van der Waals surface area contributed by atoms with Gasteiger partial charge in [-0.25, -0.2) is 8.42 Å². The average molecular weight is 667 g/mol. The third-order valence-electron chi connectivity index (χ3n) is 7.45. The van der Waals surface area contributed by atoms with E-state index in [0.29, 0.717) is 34.1 Å². The van der Waals surface area contributed by atoms with Crippen LogP contribution in [0.5, 0.6) is 0 Å². The average Bonchev–Trinajstić information content (AvgIpc) is 3.03. The smallest absolute Gasteiger partial charge is 0.264 e. The minimum Gasteiger partial charge on any atom is -0.354 e. The SMILES string of the molecule is CCCNC(=O)[C@H](Cc1ccccc1)N(Cc1ccccc1Cl)C(=O)CN(c1cc(Cl)ccc1C)S(=O)(=O)c1ccc(C)cc1. The highest BCUT2D eigenvalue weighted by molar-refractivity contribution is 7.92. The Kier molecular flexibility index (Phi) is 11.7. The number of nitrogens with zero attached hydrogens (tertiary/aromatic N) is 2. The highest BCUT2D eigenvalue weighted by atomic mass is 35.5. The van der Waals surface area contributed by atoms with Gasteiger partial charge in [0.2, 0.25) is 11.8 Å². The zero-order valence-electron chi connectivity index (χ0n) is 25.5. The first-order valence-electron chi connectivity index (χ1n) is 14.7. The van der Waals surface area contributed by atoms with E-state index in [9.17, 15) is 18.0 Å². The van der Waals surface area contributed by atoms with Gasteiger partial charge in [-0.1, -0.05) is 102 Å². The Bertz CT molecular complexity index is 1730. The van der Waals surface area contributed by atoms with E-state index in [4.69, 9.17) is 23.2 Å². The number of carbonyl (C=O) groups excluding carboxylic acids is 2. The molecule has 0 aliphatic carbocycles. The first-order valence-corrected chi connectivity index (χ1v) is 16.9. The van der Waals surface area contributed by atoms with Gasteiger partial charge in [-0.15, -0.1) is 0 Å². The number of nitrogens with one attached hydrogen (secondary N) is 1. The molecule has 0 unspecified atom stereocenters. The summed E-state index contributed by atoms with van der Waals surface area (Å²) < 4.78 is 29.5. The van der Waals surface area contributed by atoms with E-state index in [0.717, 1.165) is 15.4 Å². The van der Waals surface area contributed by atoms with Gasteiger partial charge in [0.1, 0.15) is 12.6 Å². The summed E-state index contributed by atoms with van der Waals surface area (Å²) in [6.07, 6.45) is 0.923. The van der Waals surface area contributed by atoms with Gasteiger partial charge in [-0.3, -0.25) is 13.9 Å². The minimum atomic E-state index is -4.24. The summed E-state index contributed by atoms with van der Waals surface area (Å²) >= 11 is 12.9. The molecule has 0 bridgehead atoms. The Morgan fingerprint density at radius 3 is 2.20 bits per heavy atom. The lowest BCUT2D eigenvalue weighted by molar-refractivity contribution is -0.140. The van der Waals surface area contributed by atoms with Crippen molar-refractivity contribution in [3.05, 3.63) is 129 Å². The molecule has 236 valence electrons. The normalized spacial score (nSPS) is 11.9. The third-order valence-corrected chi connectivity index (χ3v) is 9.82. The zero-order valence-corrected chi connectivity index (χ0v) is 27.9. The Labute approximate surface area is 275 Å². The van der Waals surface area contributed by atoms with E-state index in [2.05, 4.69) is 5.32 Å². The molecule has 0 heterocycles. The molecule has 7 nitrogen and oxygen atoms in total. The molecular formula is C35H37Cl2N3O4S. The van der Waals surface area contributed by atoms with Gasteiger partial charge in [0.05, 0.1) is 10.6 Å². The lowest BCUT2D eigenvalue weighted by Gasteiger charge is -2.34. The topological polar surface area (TPSA) is 86.8 Å². The molecule has 2 amide bonds. The van der Waals surface area contributed by atoms with Gasteiger partial charge < -0.3 is 10.2 Å². The quantitative estimate of drug-likeness (QED) is 0.167. The molecule has 0 fully saturated rings. The van der Waals surface area contributed by atoms with Crippen LogP contribution in [0.25, 0.3) is 0 Å². The van der Waals surface area contributed by atoms with Crippen LogP contribution in [-0.4, -0.2) is 44.3 Å². The van der Waals surface area contributed by atoms with Crippen molar-refractivity contribution in [1.29, 1.82) is 0 Å². The first kappa shape index (κ1) is 34.0. The number of hydrogen-bond donors (Lipinski definition) is 1. The summed E-state index contributed by atoms with van der Waals surface area (Å²) in [7, 11) is -4.24. The van der Waals surface area contributed by atoms with Crippen LogP contribution in [0.15, 0.2) is 102 Å². The summed E-state index contributed by atoms with van der Waals surface area (Å²) in [5.74, 6) is -0.912. The summed E-state index contributed by atoms with van der Waals surface area (Å²) in [6, 6.07) is 26.9. The monoisotopic (exact) mass is 665 g/mol. The van der Waals surface area contributed by atoms with Crippen LogP contribution >= 0.6 is 23.2 Å². The van der Waals surface area contributed by atoms with Crippen LogP contribution in [0, 0.1) is 13.8 Å². The van der Waals surface area contributed by atoms with E-state index >= 15 is 0 Å². The highest BCUT2D eigenvalue weighted by Gasteiger charge is 2.35. The van der Waals surface area contributed by atoms with Crippen LogP contribution in [-0.2, 0) is 32.6 Å². The van der Waals surface area contributed by atoms with Gasteiger partial charge in [-0.2, -0.15) is 0 Å². The number of amides is 2. The molecule has 10 heteroatoms. The predicted octanol–water partition coefficient (Wildman–Crippen LogP) is 6.97. The van der Waals surface area contributed by atoms with Crippen molar-refractivity contribution in [2.45, 2.75) is 51.1 Å². The number of benzene rings is 4. The number of rotatable bonds is 13. The summed E-state index contributed by atoms with van der Waals surface area (Å²) in [6.45, 7) is 5.40. The largest absolute Gasteiger partial charge is 0.354 e. The number of hydrogen-bond acceptors (Lipinski definition) is 4. The van der Waals surface area contributed by atoms with Crippen molar-refractivity contribution in [2.75, 3.05) is 17.4 Å². The molecule has 1 N–H and O–H groups in total. The van der Waals surface area contributed by atoms with Gasteiger partial charge >= 0.3 is 0 Å². The fraction of sp³-hybridized carbons (Fsp3) is 0.257. The van der Waals surface area contributed by atoms with Crippen LogP contribution in [0.4, 0.5) is 5.69 Å². The number of carbonyl (C=O) groups is 2. The minimum absolute atomic E-state index is 0.0114. The fourth-order valence-electron chi connectivity index (χ4n) is 4.93. The van der Waals surface area contributed by atoms with E-state index in [1.54, 1.807) is 55.5 Å². The van der Waals surface area contributed by atoms with Crippen molar-refractivity contribution in [3.8, 4) is 0 Å². The maximum absolute atomic E-state index is 14.5. The van der Waals surface area contributed by atoms with E-state index < -0.39 is 28.5 Å². The van der Waals surface area contributed by atoms with E-state index in [-0.39, 0.29) is 29.5 Å². The lowest BCUT2D eigenvalue weighted by Crippen LogP contribution is -2.53. The first-order chi connectivity index (χ1) is 21.5. The molecule has 4 rings (SSSR count). The molecule has 0 aliphatic rings. The van der Waals surface area contributed by atoms with Crippen molar-refractivity contribution < 1.29 is 18.0 Å². The van der Waals surface area contributed by atoms with Crippen LogP contribution in [0.3, 0.4) is 0 Å². The molecule has 0 spiro atoms. The van der Waals surface area contributed by atoms with E-state index in [1.807, 2.05) is 44.2 Å². The summed E-state index contributed by atoms with van der Waals surface area (Å²) in [5.41, 5.74) is 3.25. The molecule has 0 saturated heterocycles. The molecule has 0 radical (unpaired) electrons. The second-order valence-corrected chi connectivity index (χ2v) is 13.6. The van der Waals surface area contributed by atoms with Crippen molar-refractivity contribution in [3.63, 3.8) is 0 Å². The fourth-order valence-corrected chi connectivity index (χ4v) is 6.76. The molecule has 4 aromatic rings. The van der Waals surface area contributed by atoms with Crippen LogP contribution in [0.2, 0.25) is 10.0 Å².